The highest BCUT2D eigenvalue weighted by molar-refractivity contribution is 5.86. The minimum absolute atomic E-state index is 0.125. The van der Waals surface area contributed by atoms with Gasteiger partial charge in [0.15, 0.2) is 0 Å². The fourth-order valence-corrected chi connectivity index (χ4v) is 2.82. The van der Waals surface area contributed by atoms with Crippen LogP contribution in [0.25, 0.3) is 0 Å². The number of nitrogens with one attached hydrogen (secondary N) is 1. The maximum Gasteiger partial charge on any atom is 0.242 e. The van der Waals surface area contributed by atoms with E-state index in [4.69, 9.17) is 0 Å². The number of carbonyl (C=O) groups is 1. The summed E-state index contributed by atoms with van der Waals surface area (Å²) in [5, 5.41) is 3.41. The number of carbonyl (C=O) groups excluding carboxylic acids is 1. The van der Waals surface area contributed by atoms with E-state index in [1.165, 1.54) is 5.56 Å². The van der Waals surface area contributed by atoms with Crippen molar-refractivity contribution in [2.45, 2.75) is 51.7 Å². The lowest BCUT2D eigenvalue weighted by Gasteiger charge is -2.34. The first kappa shape index (κ1) is 14.1. The van der Waals surface area contributed by atoms with Gasteiger partial charge in [0.2, 0.25) is 5.91 Å². The Bertz CT molecular complexity index is 441. The molecule has 1 amide bonds. The molecule has 1 aromatic rings. The van der Waals surface area contributed by atoms with Crippen molar-refractivity contribution in [2.24, 2.45) is 0 Å². The Morgan fingerprint density at radius 1 is 1.32 bits per heavy atom. The van der Waals surface area contributed by atoms with Crippen LogP contribution in [0.2, 0.25) is 0 Å². The fourth-order valence-electron chi connectivity index (χ4n) is 2.82. The van der Waals surface area contributed by atoms with Crippen molar-refractivity contribution in [3.63, 3.8) is 0 Å². The molecule has 0 radical (unpaired) electrons. The first-order valence-corrected chi connectivity index (χ1v) is 7.05. The monoisotopic (exact) mass is 260 g/mol. The number of amides is 1. The van der Waals surface area contributed by atoms with Crippen LogP contribution in [0.1, 0.15) is 45.7 Å². The van der Waals surface area contributed by atoms with Gasteiger partial charge in [-0.05, 0) is 39.7 Å². The second-order valence-corrected chi connectivity index (χ2v) is 6.04. The summed E-state index contributed by atoms with van der Waals surface area (Å²) in [6.07, 6.45) is 0.992. The van der Waals surface area contributed by atoms with Gasteiger partial charge in [0.1, 0.15) is 0 Å². The van der Waals surface area contributed by atoms with Crippen molar-refractivity contribution in [3.8, 4) is 0 Å². The molecule has 2 unspecified atom stereocenters. The molecule has 2 atom stereocenters. The van der Waals surface area contributed by atoms with Crippen LogP contribution in [-0.4, -0.2) is 28.9 Å². The Morgan fingerprint density at radius 3 is 2.58 bits per heavy atom. The molecule has 1 fully saturated rings. The molecule has 3 nitrogen and oxygen atoms in total. The zero-order valence-electron chi connectivity index (χ0n) is 12.3. The summed E-state index contributed by atoms with van der Waals surface area (Å²) >= 11 is 0. The van der Waals surface area contributed by atoms with Gasteiger partial charge in [-0.15, -0.1) is 0 Å². The van der Waals surface area contributed by atoms with E-state index < -0.39 is 5.54 Å². The van der Waals surface area contributed by atoms with Crippen molar-refractivity contribution >= 4 is 5.91 Å². The number of hydrogen-bond donors (Lipinski definition) is 1. The van der Waals surface area contributed by atoms with Crippen molar-refractivity contribution in [1.82, 2.24) is 10.2 Å². The minimum atomic E-state index is -0.487. The fraction of sp³-hybridized carbons (Fsp3) is 0.562. The molecule has 0 spiro atoms. The molecule has 0 aromatic heterocycles. The van der Waals surface area contributed by atoms with Gasteiger partial charge in [-0.25, -0.2) is 0 Å². The SMILES string of the molecule is CC1CCN(C(C)c2ccccc2)C(=O)C(C)(C)N1. The van der Waals surface area contributed by atoms with Crippen molar-refractivity contribution in [2.75, 3.05) is 6.54 Å². The minimum Gasteiger partial charge on any atom is -0.334 e. The van der Waals surface area contributed by atoms with Gasteiger partial charge in [-0.2, -0.15) is 0 Å². The van der Waals surface area contributed by atoms with E-state index in [0.717, 1.165) is 13.0 Å². The Kier molecular flexibility index (Phi) is 3.95. The molecule has 19 heavy (non-hydrogen) atoms. The summed E-state index contributed by atoms with van der Waals surface area (Å²) in [6.45, 7) is 9.02. The number of nitrogens with zero attached hydrogens (tertiary/aromatic N) is 1. The van der Waals surface area contributed by atoms with Crippen molar-refractivity contribution < 1.29 is 4.79 Å². The average Bonchev–Trinajstić information content (AvgIpc) is 2.47. The Labute approximate surface area is 116 Å². The summed E-state index contributed by atoms with van der Waals surface area (Å²) in [7, 11) is 0. The van der Waals surface area contributed by atoms with Crippen LogP contribution >= 0.6 is 0 Å². The molecular weight excluding hydrogens is 236 g/mol. The summed E-state index contributed by atoms with van der Waals surface area (Å²) < 4.78 is 0. The molecule has 1 heterocycles. The predicted octanol–water partition coefficient (Wildman–Crippen LogP) is 2.74. The highest BCUT2D eigenvalue weighted by Crippen LogP contribution is 2.26. The summed E-state index contributed by atoms with van der Waals surface area (Å²) in [4.78, 5) is 14.7. The molecule has 1 aromatic carbocycles. The van der Waals surface area contributed by atoms with E-state index in [9.17, 15) is 4.79 Å². The van der Waals surface area contributed by atoms with Crippen LogP contribution < -0.4 is 5.32 Å². The molecule has 1 N–H and O–H groups in total. The molecule has 2 rings (SSSR count). The predicted molar refractivity (Wildman–Crippen MR) is 77.9 cm³/mol. The molecule has 0 bridgehead atoms. The van der Waals surface area contributed by atoms with Gasteiger partial charge >= 0.3 is 0 Å². The number of hydrogen-bond acceptors (Lipinski definition) is 2. The van der Waals surface area contributed by atoms with Crippen LogP contribution in [0, 0.1) is 0 Å². The summed E-state index contributed by atoms with van der Waals surface area (Å²) in [5.74, 6) is 0.188. The largest absolute Gasteiger partial charge is 0.334 e. The molecule has 1 aliphatic rings. The second-order valence-electron chi connectivity index (χ2n) is 6.04. The van der Waals surface area contributed by atoms with Gasteiger partial charge in [-0.3, -0.25) is 4.79 Å². The topological polar surface area (TPSA) is 32.3 Å². The smallest absolute Gasteiger partial charge is 0.242 e. The highest BCUT2D eigenvalue weighted by Gasteiger charge is 2.37. The maximum atomic E-state index is 12.7. The van der Waals surface area contributed by atoms with E-state index in [0.29, 0.717) is 6.04 Å². The van der Waals surface area contributed by atoms with Gasteiger partial charge in [0.05, 0.1) is 11.6 Å². The average molecular weight is 260 g/mol. The van der Waals surface area contributed by atoms with Crippen LogP contribution in [-0.2, 0) is 4.79 Å². The van der Waals surface area contributed by atoms with E-state index in [2.05, 4.69) is 31.3 Å². The lowest BCUT2D eigenvalue weighted by molar-refractivity contribution is -0.138. The van der Waals surface area contributed by atoms with Crippen molar-refractivity contribution in [1.29, 1.82) is 0 Å². The quantitative estimate of drug-likeness (QED) is 0.886. The third kappa shape index (κ3) is 2.98. The van der Waals surface area contributed by atoms with Crippen LogP contribution in [0.3, 0.4) is 0 Å². The first-order chi connectivity index (χ1) is 8.92. The lowest BCUT2D eigenvalue weighted by atomic mass is 10.0. The molecule has 104 valence electrons. The number of rotatable bonds is 2. The molecule has 0 aliphatic carbocycles. The van der Waals surface area contributed by atoms with Crippen LogP contribution in [0.4, 0.5) is 0 Å². The third-order valence-corrected chi connectivity index (χ3v) is 3.96. The highest BCUT2D eigenvalue weighted by atomic mass is 16.2. The van der Waals surface area contributed by atoms with E-state index in [1.54, 1.807) is 0 Å². The third-order valence-electron chi connectivity index (χ3n) is 3.96. The normalized spacial score (nSPS) is 24.9. The van der Waals surface area contributed by atoms with Gasteiger partial charge in [0.25, 0.3) is 0 Å². The Balaban J connectivity index is 2.25. The van der Waals surface area contributed by atoms with Crippen LogP contribution in [0.5, 0.6) is 0 Å². The zero-order chi connectivity index (χ0) is 14.0. The Hall–Kier alpha value is -1.35. The molecular formula is C16H24N2O. The second kappa shape index (κ2) is 5.33. The molecule has 1 aliphatic heterocycles. The summed E-state index contributed by atoms with van der Waals surface area (Å²) in [6, 6.07) is 10.7. The lowest BCUT2D eigenvalue weighted by Crippen LogP contribution is -2.53. The Morgan fingerprint density at radius 2 is 1.95 bits per heavy atom. The van der Waals surface area contributed by atoms with Crippen molar-refractivity contribution in [3.05, 3.63) is 35.9 Å². The number of benzene rings is 1. The zero-order valence-corrected chi connectivity index (χ0v) is 12.3. The van der Waals surface area contributed by atoms with E-state index in [1.807, 2.05) is 36.9 Å². The van der Waals surface area contributed by atoms with E-state index in [-0.39, 0.29) is 11.9 Å². The van der Waals surface area contributed by atoms with Crippen LogP contribution in [0.15, 0.2) is 30.3 Å². The van der Waals surface area contributed by atoms with E-state index >= 15 is 0 Å². The first-order valence-electron chi connectivity index (χ1n) is 7.05. The molecule has 3 heteroatoms. The maximum absolute atomic E-state index is 12.7. The van der Waals surface area contributed by atoms with Gasteiger partial charge < -0.3 is 10.2 Å². The summed E-state index contributed by atoms with van der Waals surface area (Å²) in [5.41, 5.74) is 0.708. The standard InChI is InChI=1S/C16H24N2O/c1-12-10-11-18(15(19)16(3,4)17-12)13(2)14-8-6-5-7-9-14/h5-9,12-13,17H,10-11H2,1-4H3. The van der Waals surface area contributed by atoms with Gasteiger partial charge in [0, 0.05) is 12.6 Å². The van der Waals surface area contributed by atoms with Gasteiger partial charge in [-0.1, -0.05) is 30.3 Å². The molecule has 0 saturated carbocycles. The molecule has 1 saturated heterocycles.